The van der Waals surface area contributed by atoms with Crippen molar-refractivity contribution in [1.29, 1.82) is 0 Å². The number of oxazole rings is 1. The van der Waals surface area contributed by atoms with Gasteiger partial charge in [-0.15, -0.1) is 0 Å². The molecule has 1 fully saturated rings. The third kappa shape index (κ3) is 4.37. The molecule has 0 spiro atoms. The maximum Gasteiger partial charge on any atom is 0.231 e. The van der Waals surface area contributed by atoms with Crippen LogP contribution in [0.1, 0.15) is 33.6 Å². The monoisotopic (exact) mass is 412 g/mol. The van der Waals surface area contributed by atoms with Crippen LogP contribution in [0.2, 0.25) is 0 Å². The van der Waals surface area contributed by atoms with Crippen molar-refractivity contribution in [2.45, 2.75) is 39.2 Å². The first-order valence-corrected chi connectivity index (χ1v) is 10.3. The molecule has 3 heterocycles. The van der Waals surface area contributed by atoms with E-state index in [0.29, 0.717) is 12.4 Å². The molecule has 0 radical (unpaired) electrons. The van der Waals surface area contributed by atoms with E-state index in [0.717, 1.165) is 47.6 Å². The lowest BCUT2D eigenvalue weighted by Crippen LogP contribution is -2.37. The number of carbonyl (C=O) groups excluding carboxylic acids is 1. The summed E-state index contributed by atoms with van der Waals surface area (Å²) in [5.74, 6) is 1.09. The van der Waals surface area contributed by atoms with Crippen molar-refractivity contribution in [3.8, 4) is 11.5 Å². The van der Waals surface area contributed by atoms with Crippen molar-refractivity contribution in [3.05, 3.63) is 36.5 Å². The molecule has 1 unspecified atom stereocenters. The van der Waals surface area contributed by atoms with Gasteiger partial charge in [-0.2, -0.15) is 0 Å². The molecule has 0 bridgehead atoms. The van der Waals surface area contributed by atoms with Crippen molar-refractivity contribution in [1.82, 2.24) is 9.97 Å². The summed E-state index contributed by atoms with van der Waals surface area (Å²) in [6, 6.07) is 9.73. The minimum absolute atomic E-state index is 0.148. The molecule has 29 heavy (non-hydrogen) atoms. The summed E-state index contributed by atoms with van der Waals surface area (Å²) in [7, 11) is 0. The minimum Gasteiger partial charge on any atom is -0.436 e. The molecule has 0 saturated carbocycles. The number of hydrogen-bond donors (Lipinski definition) is 1. The summed E-state index contributed by atoms with van der Waals surface area (Å²) in [5, 5.41) is 3.17. The molecular weight excluding hydrogens is 388 g/mol. The number of para-hydroxylation sites is 2. The average molecular weight is 413 g/mol. The van der Waals surface area contributed by atoms with E-state index in [1.54, 1.807) is 0 Å². The Morgan fingerprint density at radius 1 is 1.31 bits per heavy atom. The first-order valence-electron chi connectivity index (χ1n) is 9.88. The number of fused-ring (bicyclic) bond motifs is 1. The number of rotatable bonds is 4. The molecule has 1 aliphatic heterocycles. The van der Waals surface area contributed by atoms with E-state index in [4.69, 9.17) is 16.0 Å². The second-order valence-electron chi connectivity index (χ2n) is 8.54. The van der Waals surface area contributed by atoms with Crippen LogP contribution in [0.3, 0.4) is 0 Å². The summed E-state index contributed by atoms with van der Waals surface area (Å²) < 4.78 is 6.03. The van der Waals surface area contributed by atoms with Crippen LogP contribution in [0.25, 0.3) is 22.6 Å². The summed E-state index contributed by atoms with van der Waals surface area (Å²) in [6.07, 6.45) is 3.58. The van der Waals surface area contributed by atoms with Crippen molar-refractivity contribution in [2.75, 3.05) is 23.3 Å². The molecule has 1 N–H and O–H groups in total. The van der Waals surface area contributed by atoms with Crippen LogP contribution >= 0.6 is 11.6 Å². The van der Waals surface area contributed by atoms with Crippen molar-refractivity contribution in [3.63, 3.8) is 0 Å². The number of nitrogens with one attached hydrogen (secondary N) is 1. The molecule has 1 aromatic carbocycles. The number of anilines is 2. The van der Waals surface area contributed by atoms with Gasteiger partial charge in [0.25, 0.3) is 0 Å². The molecule has 152 valence electrons. The van der Waals surface area contributed by atoms with Gasteiger partial charge in [0, 0.05) is 18.6 Å². The fourth-order valence-electron chi connectivity index (χ4n) is 3.63. The van der Waals surface area contributed by atoms with Gasteiger partial charge in [0.2, 0.25) is 11.1 Å². The van der Waals surface area contributed by atoms with Crippen LogP contribution in [0.4, 0.5) is 11.5 Å². The zero-order chi connectivity index (χ0) is 20.6. The third-order valence-corrected chi connectivity index (χ3v) is 5.31. The van der Waals surface area contributed by atoms with Crippen LogP contribution in [0.15, 0.2) is 40.9 Å². The highest BCUT2D eigenvalue weighted by Gasteiger charge is 2.26. The number of carbonyl (C=O) groups is 1. The van der Waals surface area contributed by atoms with Crippen LogP contribution in [0.5, 0.6) is 0 Å². The zero-order valence-corrected chi connectivity index (χ0v) is 17.7. The third-order valence-electron chi connectivity index (χ3n) is 5.00. The van der Waals surface area contributed by atoms with Gasteiger partial charge in [0.1, 0.15) is 11.3 Å². The number of pyridine rings is 1. The molecular formula is C22H25ClN4O2. The van der Waals surface area contributed by atoms with Crippen molar-refractivity contribution < 1.29 is 9.21 Å². The van der Waals surface area contributed by atoms with E-state index in [1.807, 2.05) is 36.5 Å². The van der Waals surface area contributed by atoms with E-state index >= 15 is 0 Å². The Balaban J connectivity index is 1.75. The largest absolute Gasteiger partial charge is 0.436 e. The minimum atomic E-state index is -0.271. The molecule has 0 aliphatic carbocycles. The highest BCUT2D eigenvalue weighted by Crippen LogP contribution is 2.34. The number of benzene rings is 1. The van der Waals surface area contributed by atoms with Crippen molar-refractivity contribution >= 4 is 39.4 Å². The second-order valence-corrected chi connectivity index (χ2v) is 8.91. The fraction of sp³-hybridized carbons (Fsp3) is 0.409. The highest BCUT2D eigenvalue weighted by molar-refractivity contribution is 6.64. The van der Waals surface area contributed by atoms with Crippen LogP contribution in [0, 0.1) is 5.92 Å². The first-order chi connectivity index (χ1) is 13.8. The predicted molar refractivity (Wildman–Crippen MR) is 116 cm³/mol. The number of hydrogen-bond acceptors (Lipinski definition) is 6. The molecule has 1 saturated heterocycles. The Bertz CT molecular complexity index is 1010. The van der Waals surface area contributed by atoms with E-state index in [9.17, 15) is 4.79 Å². The van der Waals surface area contributed by atoms with Gasteiger partial charge in [-0.05, 0) is 63.4 Å². The molecule has 1 aliphatic rings. The standard InChI is InChI=1S/C22H25ClN4O2/c1-22(2,3)26-20-16(21-25-17-8-4-5-9-18(17)29-21)11-15(12-24-20)27-10-6-7-14(13-27)19(23)28/h4-5,8-9,11-12,14H,6-7,10,13H2,1-3H3,(H,24,26). The van der Waals surface area contributed by atoms with Gasteiger partial charge in [-0.1, -0.05) is 12.1 Å². The summed E-state index contributed by atoms with van der Waals surface area (Å²) in [6.45, 7) is 7.71. The molecule has 6 nitrogen and oxygen atoms in total. The molecule has 1 atom stereocenters. The lowest BCUT2D eigenvalue weighted by molar-refractivity contribution is -0.115. The smallest absolute Gasteiger partial charge is 0.231 e. The SMILES string of the molecule is CC(C)(C)Nc1ncc(N2CCCC(C(=O)Cl)C2)cc1-c1nc2ccccc2o1. The number of nitrogens with zero attached hydrogens (tertiary/aromatic N) is 3. The molecule has 2 aromatic heterocycles. The number of halogens is 1. The van der Waals surface area contributed by atoms with Crippen molar-refractivity contribution in [2.24, 2.45) is 5.92 Å². The Kier molecular flexibility index (Phi) is 5.21. The Morgan fingerprint density at radius 3 is 2.83 bits per heavy atom. The van der Waals surface area contributed by atoms with Crippen LogP contribution in [-0.2, 0) is 4.79 Å². The van der Waals surface area contributed by atoms with E-state index in [2.05, 4.69) is 41.0 Å². The Labute approximate surface area is 175 Å². The van der Waals surface area contributed by atoms with E-state index < -0.39 is 0 Å². The summed E-state index contributed by atoms with van der Waals surface area (Å²) in [5.41, 5.74) is 3.11. The van der Waals surface area contributed by atoms with Gasteiger partial charge in [-0.25, -0.2) is 9.97 Å². The molecule has 0 amide bonds. The predicted octanol–water partition coefficient (Wildman–Crippen LogP) is 5.08. The average Bonchev–Trinajstić information content (AvgIpc) is 3.11. The second kappa shape index (κ2) is 7.67. The maximum absolute atomic E-state index is 11.7. The molecule has 7 heteroatoms. The van der Waals surface area contributed by atoms with Gasteiger partial charge in [-0.3, -0.25) is 4.79 Å². The number of piperidine rings is 1. The Morgan fingerprint density at radius 2 is 2.10 bits per heavy atom. The lowest BCUT2D eigenvalue weighted by Gasteiger charge is -2.33. The van der Waals surface area contributed by atoms with Gasteiger partial charge < -0.3 is 14.6 Å². The summed E-state index contributed by atoms with van der Waals surface area (Å²) >= 11 is 5.76. The van der Waals surface area contributed by atoms with Gasteiger partial charge >= 0.3 is 0 Å². The molecule has 3 aromatic rings. The quantitative estimate of drug-likeness (QED) is 0.602. The number of aromatic nitrogens is 2. The van der Waals surface area contributed by atoms with Gasteiger partial charge in [0.15, 0.2) is 5.58 Å². The topological polar surface area (TPSA) is 71.3 Å². The van der Waals surface area contributed by atoms with E-state index in [-0.39, 0.29) is 16.7 Å². The lowest BCUT2D eigenvalue weighted by atomic mass is 9.99. The fourth-order valence-corrected chi connectivity index (χ4v) is 3.81. The normalized spacial score (nSPS) is 17.5. The molecule has 4 rings (SSSR count). The van der Waals surface area contributed by atoms with E-state index in [1.165, 1.54) is 0 Å². The maximum atomic E-state index is 11.7. The Hall–Kier alpha value is -2.60. The highest BCUT2D eigenvalue weighted by atomic mass is 35.5. The van der Waals surface area contributed by atoms with Gasteiger partial charge in [0.05, 0.1) is 23.4 Å². The zero-order valence-electron chi connectivity index (χ0n) is 16.9. The first kappa shape index (κ1) is 19.7. The summed E-state index contributed by atoms with van der Waals surface area (Å²) in [4.78, 5) is 23.2. The van der Waals surface area contributed by atoms with Crippen LogP contribution < -0.4 is 10.2 Å². The van der Waals surface area contributed by atoms with Crippen LogP contribution in [-0.4, -0.2) is 33.8 Å².